The lowest BCUT2D eigenvalue weighted by Crippen LogP contribution is -2.38. The summed E-state index contributed by atoms with van der Waals surface area (Å²) in [6, 6.07) is 0.110. The molecule has 26 heavy (non-hydrogen) atoms. The third-order valence-electron chi connectivity index (χ3n) is 3.45. The molecular weight excluding hydrogens is 360 g/mol. The molecule has 0 bridgehead atoms. The zero-order chi connectivity index (χ0) is 19.9. The van der Waals surface area contributed by atoms with Crippen LogP contribution in [0.25, 0.3) is 0 Å². The number of imidazole rings is 1. The molecule has 0 fully saturated rings. The van der Waals surface area contributed by atoms with E-state index < -0.39 is 30.8 Å². The Morgan fingerprint density at radius 3 is 2.62 bits per heavy atom. The minimum Gasteiger partial charge on any atom is -0.457 e. The van der Waals surface area contributed by atoms with Crippen molar-refractivity contribution < 1.29 is 24.0 Å². The van der Waals surface area contributed by atoms with Crippen molar-refractivity contribution in [2.75, 3.05) is 6.61 Å². The molecule has 1 heterocycles. The molecule has 0 unspecified atom stereocenters. The third kappa shape index (κ3) is 7.31. The Kier molecular flexibility index (Phi) is 7.90. The topological polar surface area (TPSA) is 126 Å². The number of carbonyl (C=O) groups is 2. The molecule has 0 saturated carbocycles. The lowest BCUT2D eigenvalue weighted by atomic mass is 10.3. The molecule has 1 aromatic rings. The van der Waals surface area contributed by atoms with Crippen molar-refractivity contribution in [3.63, 3.8) is 0 Å². The summed E-state index contributed by atoms with van der Waals surface area (Å²) in [6.45, 7) is 9.70. The van der Waals surface area contributed by atoms with Gasteiger partial charge in [-0.3, -0.25) is 9.36 Å². The first-order chi connectivity index (χ1) is 12.0. The average Bonchev–Trinajstić information content (AvgIpc) is 2.90. The van der Waals surface area contributed by atoms with Gasteiger partial charge in [0, 0.05) is 21.6 Å². The monoisotopic (exact) mass is 386 g/mol. The molecule has 146 valence electrons. The van der Waals surface area contributed by atoms with Crippen LogP contribution in [0, 0.1) is 10.1 Å². The fourth-order valence-electron chi connectivity index (χ4n) is 1.98. The minimum atomic E-state index is -1.24. The molecule has 1 amide bonds. The van der Waals surface area contributed by atoms with Gasteiger partial charge in [0.2, 0.25) is 12.2 Å². The molecule has 1 rings (SSSR count). The Morgan fingerprint density at radius 1 is 1.42 bits per heavy atom. The Balaban J connectivity index is 2.72. The zero-order valence-corrected chi connectivity index (χ0v) is 16.8. The maximum Gasteiger partial charge on any atom is 0.388 e. The quantitative estimate of drug-likeness (QED) is 0.213. The van der Waals surface area contributed by atoms with E-state index in [0.29, 0.717) is 6.61 Å². The number of nitrogens with one attached hydrogen (secondary N) is 1. The molecule has 10 nitrogen and oxygen atoms in total. The number of rotatable bonds is 10. The van der Waals surface area contributed by atoms with E-state index in [0.717, 1.165) is 6.04 Å². The van der Waals surface area contributed by atoms with Gasteiger partial charge in [0.1, 0.15) is 19.4 Å². The largest absolute Gasteiger partial charge is 0.457 e. The lowest BCUT2D eigenvalue weighted by molar-refractivity contribution is -0.390. The van der Waals surface area contributed by atoms with Crippen LogP contribution in [0.4, 0.5) is 5.82 Å². The molecule has 1 N–H and O–H groups in total. The van der Waals surface area contributed by atoms with Gasteiger partial charge in [-0.1, -0.05) is 19.6 Å². The van der Waals surface area contributed by atoms with E-state index >= 15 is 0 Å². The lowest BCUT2D eigenvalue weighted by Gasteiger charge is -2.16. The van der Waals surface area contributed by atoms with Crippen molar-refractivity contribution in [2.45, 2.75) is 58.9 Å². The Labute approximate surface area is 153 Å². The minimum absolute atomic E-state index is 0.0828. The van der Waals surface area contributed by atoms with Crippen LogP contribution in [0.1, 0.15) is 19.5 Å². The first-order valence-corrected chi connectivity index (χ1v) is 11.9. The molecule has 0 spiro atoms. The maximum atomic E-state index is 11.9. The van der Waals surface area contributed by atoms with Gasteiger partial charge in [0.25, 0.3) is 0 Å². The highest BCUT2D eigenvalue weighted by Crippen LogP contribution is 2.18. The van der Waals surface area contributed by atoms with E-state index in [-0.39, 0.29) is 24.9 Å². The maximum absolute atomic E-state index is 11.9. The highest BCUT2D eigenvalue weighted by Gasteiger charge is 2.24. The smallest absolute Gasteiger partial charge is 0.388 e. The second-order valence-electron chi connectivity index (χ2n) is 7.12. The highest BCUT2D eigenvalue weighted by molar-refractivity contribution is 6.76. The number of amides is 1. The Hall–Kier alpha value is -2.27. The standard InChI is InChI=1S/C15H26N4O6Si/c1-11(17-12(2)20)15(21)25-8-13-14(19(22)23)16-9-18(13)10-24-6-7-26(3,4)5/h9,11H,6-8,10H2,1-5H3,(H,17,20)/t11-/m0/s1. The van der Waals surface area contributed by atoms with Crippen LogP contribution < -0.4 is 5.32 Å². The molecule has 0 aliphatic rings. The summed E-state index contributed by atoms with van der Waals surface area (Å²) in [7, 11) is -1.24. The molecule has 11 heteroatoms. The number of carbonyl (C=O) groups excluding carboxylic acids is 2. The Morgan fingerprint density at radius 2 is 2.08 bits per heavy atom. The molecule has 1 atom stereocenters. The van der Waals surface area contributed by atoms with Gasteiger partial charge in [-0.05, 0) is 22.9 Å². The van der Waals surface area contributed by atoms with Gasteiger partial charge in [0.05, 0.1) is 0 Å². The fourth-order valence-corrected chi connectivity index (χ4v) is 2.73. The van der Waals surface area contributed by atoms with Gasteiger partial charge < -0.3 is 24.9 Å². The first-order valence-electron chi connectivity index (χ1n) is 8.21. The van der Waals surface area contributed by atoms with Crippen LogP contribution in [-0.2, 0) is 32.4 Å². The molecule has 1 aromatic heterocycles. The molecule has 0 aliphatic carbocycles. The van der Waals surface area contributed by atoms with E-state index in [4.69, 9.17) is 9.47 Å². The van der Waals surface area contributed by atoms with Crippen LogP contribution in [0.2, 0.25) is 25.7 Å². The normalized spacial score (nSPS) is 12.5. The summed E-state index contributed by atoms with van der Waals surface area (Å²) >= 11 is 0. The molecule has 0 aliphatic heterocycles. The SMILES string of the molecule is CC(=O)N[C@@H](C)C(=O)OCc1c([N+](=O)[O-])ncn1COCC[Si](C)(C)C. The van der Waals surface area contributed by atoms with E-state index in [9.17, 15) is 19.7 Å². The van der Waals surface area contributed by atoms with E-state index in [1.54, 1.807) is 0 Å². The second kappa shape index (κ2) is 9.43. The predicted molar refractivity (Wildman–Crippen MR) is 96.1 cm³/mol. The number of hydrogen-bond acceptors (Lipinski definition) is 7. The predicted octanol–water partition coefficient (Wildman–Crippen LogP) is 1.67. The van der Waals surface area contributed by atoms with Crippen molar-refractivity contribution in [3.8, 4) is 0 Å². The van der Waals surface area contributed by atoms with Crippen LogP contribution >= 0.6 is 0 Å². The number of nitro groups is 1. The van der Waals surface area contributed by atoms with Crippen molar-refractivity contribution in [2.24, 2.45) is 0 Å². The van der Waals surface area contributed by atoms with Gasteiger partial charge in [0.15, 0.2) is 5.69 Å². The average molecular weight is 386 g/mol. The Bertz CT molecular complexity index is 655. The summed E-state index contributed by atoms with van der Waals surface area (Å²) in [5.74, 6) is -1.46. The number of ether oxygens (including phenoxy) is 2. The van der Waals surface area contributed by atoms with Crippen molar-refractivity contribution in [1.82, 2.24) is 14.9 Å². The van der Waals surface area contributed by atoms with Gasteiger partial charge in [-0.25, -0.2) is 4.79 Å². The van der Waals surface area contributed by atoms with Gasteiger partial charge >= 0.3 is 11.8 Å². The summed E-state index contributed by atoms with van der Waals surface area (Å²) in [4.78, 5) is 37.1. The zero-order valence-electron chi connectivity index (χ0n) is 15.8. The van der Waals surface area contributed by atoms with Crippen molar-refractivity contribution in [3.05, 3.63) is 22.1 Å². The van der Waals surface area contributed by atoms with Crippen LogP contribution in [-0.4, -0.2) is 47.1 Å². The number of esters is 1. The van der Waals surface area contributed by atoms with Crippen LogP contribution in [0.3, 0.4) is 0 Å². The van der Waals surface area contributed by atoms with Gasteiger partial charge in [-0.15, -0.1) is 0 Å². The van der Waals surface area contributed by atoms with E-state index in [1.807, 2.05) is 0 Å². The summed E-state index contributed by atoms with van der Waals surface area (Å²) < 4.78 is 12.1. The van der Waals surface area contributed by atoms with Gasteiger partial charge in [-0.2, -0.15) is 0 Å². The van der Waals surface area contributed by atoms with Crippen LogP contribution in [0.5, 0.6) is 0 Å². The summed E-state index contributed by atoms with van der Waals surface area (Å²) in [5, 5.41) is 13.5. The fraction of sp³-hybridized carbons (Fsp3) is 0.667. The molecule has 0 radical (unpaired) electrons. The van der Waals surface area contributed by atoms with Crippen LogP contribution in [0.15, 0.2) is 6.33 Å². The second-order valence-corrected chi connectivity index (χ2v) is 12.7. The van der Waals surface area contributed by atoms with E-state index in [2.05, 4.69) is 29.9 Å². The summed E-state index contributed by atoms with van der Waals surface area (Å²) in [5.41, 5.74) is 0.131. The van der Waals surface area contributed by atoms with E-state index in [1.165, 1.54) is 24.7 Å². The van der Waals surface area contributed by atoms with Crippen molar-refractivity contribution in [1.29, 1.82) is 0 Å². The molecular formula is C15H26N4O6Si. The number of hydrogen-bond donors (Lipinski definition) is 1. The number of nitrogens with zero attached hydrogens (tertiary/aromatic N) is 3. The summed E-state index contributed by atoms with van der Waals surface area (Å²) in [6.07, 6.45) is 1.28. The third-order valence-corrected chi connectivity index (χ3v) is 5.15. The first kappa shape index (κ1) is 21.8. The van der Waals surface area contributed by atoms with Crippen molar-refractivity contribution >= 4 is 25.8 Å². The number of aromatic nitrogens is 2. The molecule has 0 saturated heterocycles. The highest BCUT2D eigenvalue weighted by atomic mass is 28.3. The molecule has 0 aromatic carbocycles.